The topological polar surface area (TPSA) is 124 Å². The number of sulfone groups is 1. The molecular formula is C26H36FN7O3S. The van der Waals surface area contributed by atoms with Gasteiger partial charge in [-0.25, -0.2) is 22.8 Å². The molecule has 2 fully saturated rings. The summed E-state index contributed by atoms with van der Waals surface area (Å²) in [6.45, 7) is 7.41. The molecule has 2 N–H and O–H groups in total. The fourth-order valence-electron chi connectivity index (χ4n) is 5.26. The summed E-state index contributed by atoms with van der Waals surface area (Å²) < 4.78 is 37.6. The highest BCUT2D eigenvalue weighted by Gasteiger charge is 2.38. The number of halogens is 1. The van der Waals surface area contributed by atoms with Gasteiger partial charge in [-0.2, -0.15) is 4.98 Å². The second-order valence-electron chi connectivity index (χ2n) is 10.7. The summed E-state index contributed by atoms with van der Waals surface area (Å²) in [6.07, 6.45) is 4.62. The van der Waals surface area contributed by atoms with Crippen LogP contribution in [0.2, 0.25) is 0 Å². The van der Waals surface area contributed by atoms with Crippen LogP contribution in [0.3, 0.4) is 0 Å². The Balaban J connectivity index is 0.00000353. The van der Waals surface area contributed by atoms with Gasteiger partial charge in [-0.1, -0.05) is 13.8 Å². The average molecular weight is 546 g/mol. The van der Waals surface area contributed by atoms with Crippen molar-refractivity contribution in [2.45, 2.75) is 51.4 Å². The second kappa shape index (κ2) is 10.2. The Morgan fingerprint density at radius 1 is 1.18 bits per heavy atom. The van der Waals surface area contributed by atoms with E-state index in [9.17, 15) is 17.9 Å². The molecule has 10 nitrogen and oxygen atoms in total. The van der Waals surface area contributed by atoms with Gasteiger partial charge in [0.05, 0.1) is 36.0 Å². The van der Waals surface area contributed by atoms with E-state index in [1.54, 1.807) is 17.2 Å². The van der Waals surface area contributed by atoms with Crippen LogP contribution in [0.4, 0.5) is 27.7 Å². The summed E-state index contributed by atoms with van der Waals surface area (Å²) in [6, 6.07) is 3.76. The van der Waals surface area contributed by atoms with E-state index in [-0.39, 0.29) is 31.6 Å². The zero-order valence-corrected chi connectivity index (χ0v) is 22.9. The van der Waals surface area contributed by atoms with Gasteiger partial charge in [0, 0.05) is 55.9 Å². The van der Waals surface area contributed by atoms with Crippen LogP contribution >= 0.6 is 0 Å². The highest BCUT2D eigenvalue weighted by Crippen LogP contribution is 2.38. The Kier molecular flexibility index (Phi) is 7.12. The second-order valence-corrected chi connectivity index (χ2v) is 12.9. The number of pyridine rings is 2. The molecule has 4 atom stereocenters. The Morgan fingerprint density at radius 2 is 1.97 bits per heavy atom. The number of hydrogen-bond donors (Lipinski definition) is 2. The first-order valence-electron chi connectivity index (χ1n) is 12.9. The first-order chi connectivity index (χ1) is 18.0. The highest BCUT2D eigenvalue weighted by molar-refractivity contribution is 7.90. The third-order valence-corrected chi connectivity index (χ3v) is 8.48. The number of alkyl halides is 1. The zero-order valence-electron chi connectivity index (χ0n) is 22.0. The Hall–Kier alpha value is -3.12. The molecule has 0 unspecified atom stereocenters. The molecule has 0 saturated carbocycles. The van der Waals surface area contributed by atoms with Crippen LogP contribution in [0.1, 0.15) is 40.2 Å². The normalized spacial score (nSPS) is 24.1. The summed E-state index contributed by atoms with van der Waals surface area (Å²) in [4.78, 5) is 22.2. The van der Waals surface area contributed by atoms with E-state index in [1.165, 1.54) is 6.26 Å². The molecule has 0 amide bonds. The maximum absolute atomic E-state index is 14.0. The van der Waals surface area contributed by atoms with Gasteiger partial charge < -0.3 is 20.2 Å². The predicted octanol–water partition coefficient (Wildman–Crippen LogP) is 3.31. The number of piperidine rings is 1. The smallest absolute Gasteiger partial charge is 0.227 e. The van der Waals surface area contributed by atoms with E-state index in [4.69, 9.17) is 4.98 Å². The Bertz CT molecular complexity index is 1440. The van der Waals surface area contributed by atoms with Crippen LogP contribution < -0.4 is 15.1 Å². The van der Waals surface area contributed by atoms with Crippen molar-refractivity contribution < 1.29 is 19.3 Å². The maximum Gasteiger partial charge on any atom is 0.227 e. The molecule has 0 aromatic carbocycles. The van der Waals surface area contributed by atoms with Crippen LogP contribution in [0.5, 0.6) is 0 Å². The number of hydrogen-bond acceptors (Lipinski definition) is 10. The largest absolute Gasteiger partial charge is 0.390 e. The minimum Gasteiger partial charge on any atom is -0.390 e. The first kappa shape index (κ1) is 26.5. The van der Waals surface area contributed by atoms with Crippen molar-refractivity contribution in [3.05, 3.63) is 36.4 Å². The molecule has 206 valence electrons. The Labute approximate surface area is 223 Å². The van der Waals surface area contributed by atoms with Gasteiger partial charge in [0.1, 0.15) is 27.6 Å². The SMILES string of the molecule is CC(C)c1ncc(N2C[C@H](CS(C)(=O)=O)[C@H]2C)c2cnc(Nc3ccnc(N4CC[C@H](O)[C@H](F)C4)n3)cc12.[HH]. The van der Waals surface area contributed by atoms with Crippen molar-refractivity contribution in [2.75, 3.05) is 46.8 Å². The molecule has 5 heterocycles. The number of aromatic nitrogens is 4. The molecule has 12 heteroatoms. The van der Waals surface area contributed by atoms with Gasteiger partial charge in [-0.05, 0) is 31.4 Å². The third kappa shape index (κ3) is 5.37. The van der Waals surface area contributed by atoms with Crippen molar-refractivity contribution in [3.8, 4) is 0 Å². The zero-order chi connectivity index (χ0) is 27.2. The number of nitrogens with zero attached hydrogens (tertiary/aromatic N) is 6. The van der Waals surface area contributed by atoms with E-state index in [2.05, 4.69) is 39.0 Å². The van der Waals surface area contributed by atoms with Crippen molar-refractivity contribution >= 4 is 43.9 Å². The first-order valence-corrected chi connectivity index (χ1v) is 15.0. The molecular weight excluding hydrogens is 509 g/mol. The average Bonchev–Trinajstić information content (AvgIpc) is 2.86. The lowest BCUT2D eigenvalue weighted by molar-refractivity contribution is 0.0612. The highest BCUT2D eigenvalue weighted by atomic mass is 32.2. The molecule has 0 bridgehead atoms. The summed E-state index contributed by atoms with van der Waals surface area (Å²) >= 11 is 0. The van der Waals surface area contributed by atoms with Crippen molar-refractivity contribution in [1.82, 2.24) is 19.9 Å². The summed E-state index contributed by atoms with van der Waals surface area (Å²) in [7, 11) is -3.04. The van der Waals surface area contributed by atoms with Gasteiger partial charge >= 0.3 is 0 Å². The molecule has 3 aromatic rings. The van der Waals surface area contributed by atoms with Gasteiger partial charge in [0.15, 0.2) is 0 Å². The van der Waals surface area contributed by atoms with Gasteiger partial charge in [-0.3, -0.25) is 4.98 Å². The number of rotatable bonds is 7. The van der Waals surface area contributed by atoms with Gasteiger partial charge in [-0.15, -0.1) is 0 Å². The van der Waals surface area contributed by atoms with Gasteiger partial charge in [0.2, 0.25) is 5.95 Å². The molecule has 3 aromatic heterocycles. The van der Waals surface area contributed by atoms with Crippen LogP contribution in [0.25, 0.3) is 10.8 Å². The number of aliphatic hydroxyl groups excluding tert-OH is 1. The number of anilines is 4. The molecule has 2 saturated heterocycles. The number of aliphatic hydroxyl groups is 1. The molecule has 0 spiro atoms. The minimum atomic E-state index is -3.04. The quantitative estimate of drug-likeness (QED) is 0.457. The van der Waals surface area contributed by atoms with E-state index in [0.717, 1.165) is 22.2 Å². The molecule has 2 aliphatic heterocycles. The molecule has 2 aliphatic rings. The van der Waals surface area contributed by atoms with Crippen LogP contribution in [-0.2, 0) is 9.84 Å². The number of nitrogens with one attached hydrogen (secondary N) is 1. The summed E-state index contributed by atoms with van der Waals surface area (Å²) in [5.41, 5.74) is 1.89. The molecule has 38 heavy (non-hydrogen) atoms. The summed E-state index contributed by atoms with van der Waals surface area (Å²) in [5.74, 6) is 1.96. The van der Waals surface area contributed by atoms with Crippen LogP contribution in [0.15, 0.2) is 30.7 Å². The lowest BCUT2D eigenvalue weighted by Gasteiger charge is -2.48. The predicted molar refractivity (Wildman–Crippen MR) is 149 cm³/mol. The maximum atomic E-state index is 14.0. The van der Waals surface area contributed by atoms with Crippen molar-refractivity contribution in [2.24, 2.45) is 5.92 Å². The molecule has 0 radical (unpaired) electrons. The standard InChI is InChI=1S/C26H34FN7O3S.H2/c1-15(2)25-18-9-24(31-23-5-7-28-26(32-23)33-8-6-22(35)20(27)13-33)29-10-19(18)21(11-30-25)34-12-17(16(34)3)14-38(4,36)37;/h5,7,9-11,15-17,20,22,35H,6,8,12-14H2,1-4H3,(H,28,29,31,32);1H/t16-,17-,20-,22+;/m1./s1. The fourth-order valence-corrected chi connectivity index (χ4v) is 6.42. The monoisotopic (exact) mass is 545 g/mol. The lowest BCUT2D eigenvalue weighted by Crippen LogP contribution is -2.57. The van der Waals surface area contributed by atoms with Crippen LogP contribution in [0, 0.1) is 5.92 Å². The Morgan fingerprint density at radius 3 is 2.66 bits per heavy atom. The fraction of sp³-hybridized carbons (Fsp3) is 0.538. The van der Waals surface area contributed by atoms with E-state index in [1.807, 2.05) is 25.4 Å². The van der Waals surface area contributed by atoms with Crippen molar-refractivity contribution in [3.63, 3.8) is 0 Å². The number of fused-ring (bicyclic) bond motifs is 1. The van der Waals surface area contributed by atoms with Gasteiger partial charge in [0.25, 0.3) is 0 Å². The van der Waals surface area contributed by atoms with E-state index < -0.39 is 22.1 Å². The van der Waals surface area contributed by atoms with Crippen LogP contribution in [-0.4, -0.2) is 83.4 Å². The van der Waals surface area contributed by atoms with E-state index in [0.29, 0.717) is 37.1 Å². The van der Waals surface area contributed by atoms with E-state index >= 15 is 0 Å². The minimum absolute atomic E-state index is 0. The molecule has 5 rings (SSSR count). The third-order valence-electron chi connectivity index (χ3n) is 7.45. The molecule has 0 aliphatic carbocycles. The lowest BCUT2D eigenvalue weighted by atomic mass is 9.90. The summed E-state index contributed by atoms with van der Waals surface area (Å²) in [5, 5.41) is 14.9. The van der Waals surface area contributed by atoms with Crippen molar-refractivity contribution in [1.29, 1.82) is 0 Å².